The van der Waals surface area contributed by atoms with Gasteiger partial charge in [0.05, 0.1) is 11.1 Å². The van der Waals surface area contributed by atoms with E-state index in [1.165, 1.54) is 0 Å². The van der Waals surface area contributed by atoms with Crippen LogP contribution in [0.25, 0.3) is 0 Å². The van der Waals surface area contributed by atoms with Crippen molar-refractivity contribution in [2.24, 2.45) is 0 Å². The molecule has 0 atom stereocenters. The molecule has 2 N–H and O–H groups in total. The van der Waals surface area contributed by atoms with Gasteiger partial charge in [-0.25, -0.2) is 0 Å². The zero-order valence-electron chi connectivity index (χ0n) is 18.3. The van der Waals surface area contributed by atoms with Gasteiger partial charge >= 0.3 is 0 Å². The number of para-hydroxylation sites is 1. The number of hydrogen-bond acceptors (Lipinski definition) is 4. The summed E-state index contributed by atoms with van der Waals surface area (Å²) in [5, 5.41) is 5.77. The first-order valence-electron chi connectivity index (χ1n) is 10.4. The molecule has 33 heavy (non-hydrogen) atoms. The predicted octanol–water partition coefficient (Wildman–Crippen LogP) is 5.64. The van der Waals surface area contributed by atoms with Crippen LogP contribution in [0, 0.1) is 0 Å². The van der Waals surface area contributed by atoms with E-state index in [1.807, 2.05) is 37.3 Å². The van der Waals surface area contributed by atoms with Crippen LogP contribution in [-0.2, 0) is 0 Å². The fraction of sp³-hybridized carbons (Fsp3) is 0.160. The minimum absolute atomic E-state index is 0.124. The molecule has 0 aliphatic rings. The molecule has 0 spiro atoms. The Labute approximate surface area is 207 Å². The summed E-state index contributed by atoms with van der Waals surface area (Å²) >= 11 is 8.69. The fourth-order valence-electron chi connectivity index (χ4n) is 2.97. The molecule has 0 unspecified atom stereocenters. The average Bonchev–Trinajstić information content (AvgIpc) is 2.83. The third-order valence-electron chi connectivity index (χ3n) is 4.72. The zero-order valence-corrected chi connectivity index (χ0v) is 20.7. The van der Waals surface area contributed by atoms with Gasteiger partial charge in [0.2, 0.25) is 0 Å². The van der Waals surface area contributed by atoms with Gasteiger partial charge in [-0.2, -0.15) is 0 Å². The summed E-state index contributed by atoms with van der Waals surface area (Å²) in [5.74, 6) is 0.216. The van der Waals surface area contributed by atoms with Crippen LogP contribution in [0.2, 0.25) is 0 Å². The van der Waals surface area contributed by atoms with Gasteiger partial charge in [-0.05, 0) is 89.2 Å². The summed E-state index contributed by atoms with van der Waals surface area (Å²) in [4.78, 5) is 26.8. The Morgan fingerprint density at radius 3 is 2.30 bits per heavy atom. The van der Waals surface area contributed by atoms with Crippen molar-refractivity contribution < 1.29 is 14.3 Å². The Morgan fingerprint density at radius 2 is 1.67 bits per heavy atom. The van der Waals surface area contributed by atoms with Crippen molar-refractivity contribution in [1.82, 2.24) is 5.32 Å². The number of ether oxygens (including phenoxy) is 1. The molecule has 6 nitrogen and oxygen atoms in total. The summed E-state index contributed by atoms with van der Waals surface area (Å²) in [6.45, 7) is 2.63. The van der Waals surface area contributed by atoms with E-state index in [2.05, 4.69) is 26.6 Å². The van der Waals surface area contributed by atoms with Gasteiger partial charge in [0.25, 0.3) is 11.8 Å². The topological polar surface area (TPSA) is 70.7 Å². The number of amides is 2. The number of nitrogens with one attached hydrogen (secondary N) is 2. The van der Waals surface area contributed by atoms with Crippen LogP contribution in [0.3, 0.4) is 0 Å². The predicted molar refractivity (Wildman–Crippen MR) is 139 cm³/mol. The number of benzene rings is 3. The molecule has 3 aromatic carbocycles. The fourth-order valence-corrected chi connectivity index (χ4v) is 3.67. The van der Waals surface area contributed by atoms with E-state index < -0.39 is 0 Å². The third-order valence-corrected chi connectivity index (χ3v) is 5.54. The highest BCUT2D eigenvalue weighted by molar-refractivity contribution is 9.10. The maximum Gasteiger partial charge on any atom is 0.258 e. The summed E-state index contributed by atoms with van der Waals surface area (Å²) < 4.78 is 6.30. The Hall–Kier alpha value is -3.23. The van der Waals surface area contributed by atoms with Crippen LogP contribution in [0.5, 0.6) is 5.75 Å². The number of halogens is 1. The minimum atomic E-state index is -0.341. The quantitative estimate of drug-likeness (QED) is 0.390. The molecule has 3 aromatic rings. The molecule has 3 rings (SSSR count). The standard InChI is InChI=1S/C25H24BrN3O3S/c1-3-15-32-22-14-11-18(16-21(22)26)23(30)28-25(33)27-19-12-9-17(10-13-19)24(31)29(2)20-7-5-4-6-8-20/h4-14,16H,3,15H2,1-2H3,(H2,27,28,30,33). The van der Waals surface area contributed by atoms with E-state index in [-0.39, 0.29) is 16.9 Å². The van der Waals surface area contributed by atoms with Crippen LogP contribution in [-0.4, -0.2) is 30.6 Å². The van der Waals surface area contributed by atoms with E-state index in [0.29, 0.717) is 33.6 Å². The van der Waals surface area contributed by atoms with Gasteiger partial charge in [-0.15, -0.1) is 0 Å². The third kappa shape index (κ3) is 6.63. The highest BCUT2D eigenvalue weighted by Crippen LogP contribution is 2.26. The van der Waals surface area contributed by atoms with Crippen molar-refractivity contribution in [3.8, 4) is 5.75 Å². The maximum atomic E-state index is 12.7. The van der Waals surface area contributed by atoms with Gasteiger partial charge in [-0.3, -0.25) is 14.9 Å². The lowest BCUT2D eigenvalue weighted by Crippen LogP contribution is -2.34. The number of carbonyl (C=O) groups is 2. The Bertz CT molecular complexity index is 1140. The first-order valence-corrected chi connectivity index (χ1v) is 11.6. The lowest BCUT2D eigenvalue weighted by Gasteiger charge is -2.17. The summed E-state index contributed by atoms with van der Waals surface area (Å²) in [7, 11) is 1.73. The summed E-state index contributed by atoms with van der Waals surface area (Å²) in [5.41, 5.74) is 2.45. The van der Waals surface area contributed by atoms with Crippen molar-refractivity contribution in [3.05, 3.63) is 88.4 Å². The molecule has 2 amide bonds. The molecule has 0 radical (unpaired) electrons. The second-order valence-corrected chi connectivity index (χ2v) is 8.44. The number of hydrogen-bond donors (Lipinski definition) is 2. The summed E-state index contributed by atoms with van der Waals surface area (Å²) in [6, 6.07) is 21.4. The van der Waals surface area contributed by atoms with E-state index in [9.17, 15) is 9.59 Å². The largest absolute Gasteiger partial charge is 0.492 e. The second kappa shape index (κ2) is 11.6. The van der Waals surface area contributed by atoms with Crippen molar-refractivity contribution in [2.45, 2.75) is 13.3 Å². The van der Waals surface area contributed by atoms with E-state index in [1.54, 1.807) is 54.4 Å². The SMILES string of the molecule is CCCOc1ccc(C(=O)NC(=S)Nc2ccc(C(=O)N(C)c3ccccc3)cc2)cc1Br. The van der Waals surface area contributed by atoms with E-state index in [4.69, 9.17) is 17.0 Å². The monoisotopic (exact) mass is 525 g/mol. The minimum Gasteiger partial charge on any atom is -0.492 e. The lowest BCUT2D eigenvalue weighted by molar-refractivity contribution is 0.0974. The van der Waals surface area contributed by atoms with Gasteiger partial charge in [0.15, 0.2) is 5.11 Å². The molecular formula is C25H24BrN3O3S. The van der Waals surface area contributed by atoms with Crippen LogP contribution >= 0.6 is 28.1 Å². The van der Waals surface area contributed by atoms with E-state index >= 15 is 0 Å². The molecule has 0 aromatic heterocycles. The molecule has 0 aliphatic carbocycles. The highest BCUT2D eigenvalue weighted by Gasteiger charge is 2.14. The van der Waals surface area contributed by atoms with Crippen molar-refractivity contribution in [2.75, 3.05) is 23.9 Å². The first-order chi connectivity index (χ1) is 15.9. The Kier molecular flexibility index (Phi) is 8.57. The van der Waals surface area contributed by atoms with Crippen LogP contribution < -0.4 is 20.3 Å². The maximum absolute atomic E-state index is 12.7. The number of anilines is 2. The first kappa shape index (κ1) is 24.4. The molecule has 0 bridgehead atoms. The smallest absolute Gasteiger partial charge is 0.258 e. The summed E-state index contributed by atoms with van der Waals surface area (Å²) in [6.07, 6.45) is 0.896. The highest BCUT2D eigenvalue weighted by atomic mass is 79.9. The van der Waals surface area contributed by atoms with Gasteiger partial charge in [-0.1, -0.05) is 25.1 Å². The number of carbonyl (C=O) groups excluding carboxylic acids is 2. The number of rotatable bonds is 7. The molecule has 0 saturated carbocycles. The Morgan fingerprint density at radius 1 is 1.00 bits per heavy atom. The lowest BCUT2D eigenvalue weighted by atomic mass is 10.1. The van der Waals surface area contributed by atoms with Crippen LogP contribution in [0.15, 0.2) is 77.3 Å². The Balaban J connectivity index is 1.58. The molecule has 0 fully saturated rings. The van der Waals surface area contributed by atoms with Crippen molar-refractivity contribution >= 4 is 56.4 Å². The van der Waals surface area contributed by atoms with Crippen molar-refractivity contribution in [3.63, 3.8) is 0 Å². The zero-order chi connectivity index (χ0) is 23.8. The molecule has 0 heterocycles. The molecule has 0 aliphatic heterocycles. The van der Waals surface area contributed by atoms with Gasteiger partial charge in [0, 0.05) is 29.5 Å². The van der Waals surface area contributed by atoms with Crippen LogP contribution in [0.1, 0.15) is 34.1 Å². The van der Waals surface area contributed by atoms with Crippen molar-refractivity contribution in [1.29, 1.82) is 0 Å². The van der Waals surface area contributed by atoms with Gasteiger partial charge < -0.3 is 15.0 Å². The second-order valence-electron chi connectivity index (χ2n) is 7.18. The average molecular weight is 526 g/mol. The molecule has 170 valence electrons. The number of nitrogens with zero attached hydrogens (tertiary/aromatic N) is 1. The van der Waals surface area contributed by atoms with Gasteiger partial charge in [0.1, 0.15) is 5.75 Å². The normalized spacial score (nSPS) is 10.3. The van der Waals surface area contributed by atoms with E-state index in [0.717, 1.165) is 12.1 Å². The van der Waals surface area contributed by atoms with Crippen LogP contribution in [0.4, 0.5) is 11.4 Å². The number of thiocarbonyl (C=S) groups is 1. The molecular weight excluding hydrogens is 502 g/mol. The molecule has 0 saturated heterocycles. The molecule has 8 heteroatoms.